The minimum atomic E-state index is -2.03. The third kappa shape index (κ3) is 5.62. The normalized spacial score (nSPS) is 33.5. The second kappa shape index (κ2) is 9.66. The first-order valence-corrected chi connectivity index (χ1v) is 18.8. The molecule has 4 atom stereocenters. The van der Waals surface area contributed by atoms with Crippen LogP contribution in [0.3, 0.4) is 0 Å². The largest absolute Gasteiger partial charge is 0.411 e. The van der Waals surface area contributed by atoms with Gasteiger partial charge in [-0.15, -0.1) is 0 Å². The smallest absolute Gasteiger partial charge is 0.193 e. The monoisotopic (exact) mass is 494 g/mol. The predicted octanol–water partition coefficient (Wildman–Crippen LogP) is 7.73. The molecule has 33 heavy (non-hydrogen) atoms. The van der Waals surface area contributed by atoms with Gasteiger partial charge in [-0.3, -0.25) is 0 Å². The SMILES string of the molecule is CC[Si](CC)(CC)O[C@]12CCCC=C1/C=C\[C@H]1OC(C)(C)O[C@H]1[C@@H](O[Si](C)(C)C(C)(C)C)C2. The van der Waals surface area contributed by atoms with Crippen molar-refractivity contribution >= 4 is 16.6 Å². The van der Waals surface area contributed by atoms with E-state index < -0.39 is 22.4 Å². The Morgan fingerprint density at radius 2 is 1.70 bits per heavy atom. The quantitative estimate of drug-likeness (QED) is 0.339. The van der Waals surface area contributed by atoms with Crippen LogP contribution in [0.15, 0.2) is 23.8 Å². The van der Waals surface area contributed by atoms with Gasteiger partial charge in [0.05, 0.1) is 11.7 Å². The molecule has 1 aliphatic heterocycles. The average Bonchev–Trinajstić information content (AvgIpc) is 3.03. The van der Waals surface area contributed by atoms with Crippen molar-refractivity contribution < 1.29 is 18.3 Å². The van der Waals surface area contributed by atoms with Crippen LogP contribution in [0.2, 0.25) is 36.3 Å². The Labute approximate surface area is 205 Å². The molecule has 0 unspecified atom stereocenters. The zero-order valence-electron chi connectivity index (χ0n) is 23.0. The summed E-state index contributed by atoms with van der Waals surface area (Å²) in [6, 6.07) is 3.47. The van der Waals surface area contributed by atoms with E-state index in [-0.39, 0.29) is 29.0 Å². The second-order valence-electron chi connectivity index (χ2n) is 12.4. The summed E-state index contributed by atoms with van der Waals surface area (Å²) in [5, 5.41) is 0.129. The summed E-state index contributed by atoms with van der Waals surface area (Å²) < 4.78 is 27.5. The highest BCUT2D eigenvalue weighted by molar-refractivity contribution is 6.74. The van der Waals surface area contributed by atoms with Crippen molar-refractivity contribution in [2.45, 2.75) is 147 Å². The molecule has 0 aromatic carbocycles. The topological polar surface area (TPSA) is 36.9 Å². The molecule has 1 fully saturated rings. The van der Waals surface area contributed by atoms with E-state index in [1.807, 2.05) is 13.8 Å². The standard InChI is InChI=1S/C27H50O4Si2/c1-11-33(12-2,13-3)31-27-19-15-14-16-21(27)17-18-22-24(29-26(7,8)28-22)23(20-27)30-32(9,10)25(4,5)6/h16-18,22-24H,11-15,19-20H2,1-10H3/b18-17-/t22-,23+,24-,27+/m1/s1. The molecule has 0 N–H and O–H groups in total. The fourth-order valence-electron chi connectivity index (χ4n) is 5.51. The van der Waals surface area contributed by atoms with E-state index in [1.54, 1.807) is 0 Å². The van der Waals surface area contributed by atoms with Crippen LogP contribution >= 0.6 is 0 Å². The number of hydrogen-bond acceptors (Lipinski definition) is 4. The van der Waals surface area contributed by atoms with Crippen LogP contribution in [-0.2, 0) is 18.3 Å². The van der Waals surface area contributed by atoms with Crippen molar-refractivity contribution in [3.63, 3.8) is 0 Å². The van der Waals surface area contributed by atoms with E-state index in [4.69, 9.17) is 18.3 Å². The van der Waals surface area contributed by atoms with E-state index in [9.17, 15) is 0 Å². The minimum absolute atomic E-state index is 0.0543. The third-order valence-corrected chi connectivity index (χ3v) is 18.0. The summed E-state index contributed by atoms with van der Waals surface area (Å²) in [7, 11) is -3.87. The molecule has 0 radical (unpaired) electrons. The van der Waals surface area contributed by atoms with Gasteiger partial charge in [-0.05, 0) is 74.9 Å². The molecule has 0 aromatic heterocycles. The van der Waals surface area contributed by atoms with Gasteiger partial charge in [0.2, 0.25) is 0 Å². The molecule has 0 saturated carbocycles. The van der Waals surface area contributed by atoms with Crippen molar-refractivity contribution in [1.82, 2.24) is 0 Å². The van der Waals surface area contributed by atoms with Gasteiger partial charge in [0.25, 0.3) is 0 Å². The number of hydrogen-bond donors (Lipinski definition) is 0. The van der Waals surface area contributed by atoms with Crippen LogP contribution in [-0.4, -0.2) is 46.3 Å². The van der Waals surface area contributed by atoms with Gasteiger partial charge in [0, 0.05) is 6.42 Å². The molecular formula is C27H50O4Si2. The molecule has 0 bridgehead atoms. The Hall–Kier alpha value is -0.246. The van der Waals surface area contributed by atoms with E-state index in [2.05, 4.69) is 72.9 Å². The van der Waals surface area contributed by atoms with Crippen LogP contribution in [0.25, 0.3) is 0 Å². The molecule has 2 aliphatic carbocycles. The van der Waals surface area contributed by atoms with E-state index in [0.717, 1.165) is 37.4 Å². The number of rotatable bonds is 7. The lowest BCUT2D eigenvalue weighted by atomic mass is 9.76. The minimum Gasteiger partial charge on any atom is -0.411 e. The summed E-state index contributed by atoms with van der Waals surface area (Å²) >= 11 is 0. The maximum absolute atomic E-state index is 7.44. The third-order valence-electron chi connectivity index (χ3n) is 8.80. The Morgan fingerprint density at radius 3 is 2.27 bits per heavy atom. The fourth-order valence-corrected chi connectivity index (χ4v) is 9.90. The van der Waals surface area contributed by atoms with Crippen molar-refractivity contribution in [3.05, 3.63) is 23.8 Å². The lowest BCUT2D eigenvalue weighted by Crippen LogP contribution is -2.56. The number of fused-ring (bicyclic) bond motifs is 2. The first kappa shape index (κ1) is 27.3. The molecular weight excluding hydrogens is 444 g/mol. The number of allylic oxidation sites excluding steroid dienone is 1. The van der Waals surface area contributed by atoms with Gasteiger partial charge >= 0.3 is 0 Å². The highest BCUT2D eigenvalue weighted by Gasteiger charge is 2.53. The summed E-state index contributed by atoms with van der Waals surface area (Å²) in [4.78, 5) is 0. The Bertz CT molecular complexity index is 739. The van der Waals surface area contributed by atoms with E-state index >= 15 is 0 Å². The predicted molar refractivity (Wildman–Crippen MR) is 143 cm³/mol. The van der Waals surface area contributed by atoms with Gasteiger partial charge < -0.3 is 18.3 Å². The summed E-state index contributed by atoms with van der Waals surface area (Å²) in [6.45, 7) is 22.7. The molecule has 6 heteroatoms. The zero-order chi connectivity index (χ0) is 24.7. The molecule has 3 aliphatic rings. The lowest BCUT2D eigenvalue weighted by Gasteiger charge is -2.50. The second-order valence-corrected chi connectivity index (χ2v) is 21.9. The maximum atomic E-state index is 7.44. The fraction of sp³-hybridized carbons (Fsp3) is 0.852. The lowest BCUT2D eigenvalue weighted by molar-refractivity contribution is -0.155. The molecule has 1 saturated heterocycles. The Morgan fingerprint density at radius 1 is 1.06 bits per heavy atom. The maximum Gasteiger partial charge on any atom is 0.193 e. The van der Waals surface area contributed by atoms with Crippen LogP contribution in [0.5, 0.6) is 0 Å². The Balaban J connectivity index is 2.09. The molecule has 0 spiro atoms. The van der Waals surface area contributed by atoms with Crippen LogP contribution in [0.1, 0.15) is 81.1 Å². The van der Waals surface area contributed by atoms with Crippen molar-refractivity contribution in [2.75, 3.05) is 0 Å². The van der Waals surface area contributed by atoms with Crippen molar-refractivity contribution in [3.8, 4) is 0 Å². The van der Waals surface area contributed by atoms with Gasteiger partial charge in [-0.2, -0.15) is 0 Å². The van der Waals surface area contributed by atoms with Gasteiger partial charge in [-0.1, -0.05) is 59.8 Å². The molecule has 0 amide bonds. The zero-order valence-corrected chi connectivity index (χ0v) is 25.0. The van der Waals surface area contributed by atoms with Crippen LogP contribution in [0, 0.1) is 0 Å². The summed E-state index contributed by atoms with van der Waals surface area (Å²) in [5.74, 6) is -0.610. The summed E-state index contributed by atoms with van der Waals surface area (Å²) in [6.07, 6.45) is 10.9. The average molecular weight is 495 g/mol. The Kier molecular flexibility index (Phi) is 8.01. The molecule has 190 valence electrons. The van der Waals surface area contributed by atoms with Gasteiger partial charge in [-0.25, -0.2) is 0 Å². The summed E-state index contributed by atoms with van der Waals surface area (Å²) in [5.41, 5.74) is 1.06. The molecule has 1 heterocycles. The highest BCUT2D eigenvalue weighted by Crippen LogP contribution is 2.48. The van der Waals surface area contributed by atoms with Crippen LogP contribution in [0.4, 0.5) is 0 Å². The first-order chi connectivity index (χ1) is 15.2. The van der Waals surface area contributed by atoms with Crippen molar-refractivity contribution in [1.29, 1.82) is 0 Å². The van der Waals surface area contributed by atoms with Gasteiger partial charge in [0.1, 0.15) is 12.2 Å². The first-order valence-electron chi connectivity index (χ1n) is 13.3. The van der Waals surface area contributed by atoms with E-state index in [1.165, 1.54) is 12.0 Å². The van der Waals surface area contributed by atoms with E-state index in [0.29, 0.717) is 0 Å². The van der Waals surface area contributed by atoms with Crippen LogP contribution < -0.4 is 0 Å². The highest BCUT2D eigenvalue weighted by atomic mass is 28.4. The molecule has 3 rings (SSSR count). The van der Waals surface area contributed by atoms with Crippen molar-refractivity contribution in [2.24, 2.45) is 0 Å². The number of ether oxygens (including phenoxy) is 2. The molecule has 0 aromatic rings. The molecule has 4 nitrogen and oxygen atoms in total. The van der Waals surface area contributed by atoms with Gasteiger partial charge in [0.15, 0.2) is 22.4 Å².